The van der Waals surface area contributed by atoms with Crippen LogP contribution < -0.4 is 5.32 Å². The predicted octanol–water partition coefficient (Wildman–Crippen LogP) is 2.08. The van der Waals surface area contributed by atoms with E-state index in [1.807, 2.05) is 38.1 Å². The van der Waals surface area contributed by atoms with E-state index in [1.165, 1.54) is 0 Å². The highest BCUT2D eigenvalue weighted by Gasteiger charge is 2.16. The summed E-state index contributed by atoms with van der Waals surface area (Å²) in [7, 11) is 0. The molecule has 0 saturated carbocycles. The molecular weight excluding hydrogens is 282 g/mol. The lowest BCUT2D eigenvalue weighted by molar-refractivity contribution is -0.137. The van der Waals surface area contributed by atoms with Crippen LogP contribution in [0.15, 0.2) is 30.3 Å². The highest BCUT2D eigenvalue weighted by molar-refractivity contribution is 5.92. The number of nitrogens with zero attached hydrogens (tertiary/aromatic N) is 2. The maximum absolute atomic E-state index is 12.1. The molecule has 1 aromatic carbocycles. The molecule has 2 aromatic rings. The van der Waals surface area contributed by atoms with E-state index in [2.05, 4.69) is 10.4 Å². The zero-order chi connectivity index (χ0) is 16.3. The number of carboxylic acid groups (broad SMARTS) is 1. The SMILES string of the molecule is Cc1ccc(-n2nc(C(=O)NC(C)CC(=O)O)cc2C)cc1. The molecule has 2 N–H and O–H groups in total. The van der Waals surface area contributed by atoms with Gasteiger partial charge in [-0.15, -0.1) is 0 Å². The Morgan fingerprint density at radius 2 is 1.91 bits per heavy atom. The average Bonchev–Trinajstić information content (AvgIpc) is 2.81. The summed E-state index contributed by atoms with van der Waals surface area (Å²) in [5.41, 5.74) is 3.13. The molecule has 0 aliphatic heterocycles. The third kappa shape index (κ3) is 3.72. The summed E-state index contributed by atoms with van der Waals surface area (Å²) in [5, 5.41) is 15.6. The van der Waals surface area contributed by atoms with Crippen LogP contribution in [0.2, 0.25) is 0 Å². The van der Waals surface area contributed by atoms with Crippen molar-refractivity contribution in [1.82, 2.24) is 15.1 Å². The van der Waals surface area contributed by atoms with Gasteiger partial charge in [0.1, 0.15) is 0 Å². The normalized spacial score (nSPS) is 12.0. The molecule has 0 radical (unpaired) electrons. The molecule has 1 atom stereocenters. The number of nitrogens with one attached hydrogen (secondary N) is 1. The minimum absolute atomic E-state index is 0.122. The molecule has 116 valence electrons. The Morgan fingerprint density at radius 3 is 2.50 bits per heavy atom. The Labute approximate surface area is 128 Å². The van der Waals surface area contributed by atoms with Gasteiger partial charge in [-0.05, 0) is 39.0 Å². The van der Waals surface area contributed by atoms with Crippen molar-refractivity contribution in [3.8, 4) is 5.69 Å². The number of aromatic nitrogens is 2. The van der Waals surface area contributed by atoms with Crippen LogP contribution in [-0.2, 0) is 4.79 Å². The lowest BCUT2D eigenvalue weighted by Gasteiger charge is -2.09. The number of benzene rings is 1. The Hall–Kier alpha value is -2.63. The van der Waals surface area contributed by atoms with Gasteiger partial charge in [0, 0.05) is 11.7 Å². The van der Waals surface area contributed by atoms with Crippen LogP contribution in [0.5, 0.6) is 0 Å². The number of hydrogen-bond donors (Lipinski definition) is 2. The lowest BCUT2D eigenvalue weighted by atomic mass is 10.2. The monoisotopic (exact) mass is 301 g/mol. The fraction of sp³-hybridized carbons (Fsp3) is 0.312. The lowest BCUT2D eigenvalue weighted by Crippen LogP contribution is -2.34. The molecule has 1 heterocycles. The first-order valence-electron chi connectivity index (χ1n) is 7.03. The number of rotatable bonds is 5. The first-order chi connectivity index (χ1) is 10.4. The largest absolute Gasteiger partial charge is 0.481 e. The molecular formula is C16H19N3O3. The summed E-state index contributed by atoms with van der Waals surface area (Å²) in [4.78, 5) is 22.7. The van der Waals surface area contributed by atoms with Crippen molar-refractivity contribution in [3.63, 3.8) is 0 Å². The Balaban J connectivity index is 2.17. The Bertz CT molecular complexity index is 689. The second kappa shape index (κ2) is 6.43. The molecule has 1 unspecified atom stereocenters. The first kappa shape index (κ1) is 15.8. The van der Waals surface area contributed by atoms with Crippen molar-refractivity contribution in [2.24, 2.45) is 0 Å². The van der Waals surface area contributed by atoms with E-state index in [4.69, 9.17) is 5.11 Å². The number of aliphatic carboxylic acids is 1. The van der Waals surface area contributed by atoms with Gasteiger partial charge in [-0.25, -0.2) is 4.68 Å². The topological polar surface area (TPSA) is 84.2 Å². The summed E-state index contributed by atoms with van der Waals surface area (Å²) >= 11 is 0. The average molecular weight is 301 g/mol. The zero-order valence-corrected chi connectivity index (χ0v) is 12.8. The second-order valence-electron chi connectivity index (χ2n) is 5.39. The van der Waals surface area contributed by atoms with Crippen molar-refractivity contribution in [2.45, 2.75) is 33.2 Å². The van der Waals surface area contributed by atoms with E-state index < -0.39 is 12.0 Å². The number of carboxylic acids is 1. The third-order valence-electron chi connectivity index (χ3n) is 3.26. The van der Waals surface area contributed by atoms with Crippen LogP contribution in [0.3, 0.4) is 0 Å². The van der Waals surface area contributed by atoms with E-state index in [1.54, 1.807) is 17.7 Å². The number of carbonyl (C=O) groups is 2. The quantitative estimate of drug-likeness (QED) is 0.885. The van der Waals surface area contributed by atoms with Gasteiger partial charge in [0.25, 0.3) is 5.91 Å². The summed E-state index contributed by atoms with van der Waals surface area (Å²) in [6.45, 7) is 5.52. The van der Waals surface area contributed by atoms with Crippen molar-refractivity contribution in [2.75, 3.05) is 0 Å². The smallest absolute Gasteiger partial charge is 0.305 e. The van der Waals surface area contributed by atoms with Crippen molar-refractivity contribution >= 4 is 11.9 Å². The molecule has 0 spiro atoms. The maximum Gasteiger partial charge on any atom is 0.305 e. The van der Waals surface area contributed by atoms with Gasteiger partial charge in [-0.1, -0.05) is 17.7 Å². The van der Waals surface area contributed by atoms with Gasteiger partial charge in [0.15, 0.2) is 5.69 Å². The summed E-state index contributed by atoms with van der Waals surface area (Å²) < 4.78 is 1.69. The molecule has 0 fully saturated rings. The van der Waals surface area contributed by atoms with Crippen molar-refractivity contribution < 1.29 is 14.7 Å². The van der Waals surface area contributed by atoms with E-state index in [0.29, 0.717) is 0 Å². The van der Waals surface area contributed by atoms with Gasteiger partial charge < -0.3 is 10.4 Å². The van der Waals surface area contributed by atoms with Crippen LogP contribution >= 0.6 is 0 Å². The van der Waals surface area contributed by atoms with Gasteiger partial charge in [-0.3, -0.25) is 9.59 Å². The number of amides is 1. The second-order valence-corrected chi connectivity index (χ2v) is 5.39. The summed E-state index contributed by atoms with van der Waals surface area (Å²) in [6, 6.07) is 9.06. The van der Waals surface area contributed by atoms with E-state index in [0.717, 1.165) is 16.9 Å². The molecule has 0 aliphatic rings. The molecule has 6 nitrogen and oxygen atoms in total. The molecule has 1 amide bonds. The molecule has 0 aliphatic carbocycles. The fourth-order valence-corrected chi connectivity index (χ4v) is 2.14. The third-order valence-corrected chi connectivity index (χ3v) is 3.26. The fourth-order valence-electron chi connectivity index (χ4n) is 2.14. The minimum atomic E-state index is -0.950. The molecule has 1 aromatic heterocycles. The standard InChI is InChI=1S/C16H19N3O3/c1-10-4-6-13(7-5-10)19-12(3)9-14(18-19)16(22)17-11(2)8-15(20)21/h4-7,9,11H,8H2,1-3H3,(H,17,22)(H,20,21). The van der Waals surface area contributed by atoms with Gasteiger partial charge in [0.2, 0.25) is 0 Å². The molecule has 2 rings (SSSR count). The molecule has 6 heteroatoms. The van der Waals surface area contributed by atoms with E-state index in [9.17, 15) is 9.59 Å². The highest BCUT2D eigenvalue weighted by Crippen LogP contribution is 2.13. The van der Waals surface area contributed by atoms with Gasteiger partial charge >= 0.3 is 5.97 Å². The van der Waals surface area contributed by atoms with Crippen LogP contribution in [0.25, 0.3) is 5.69 Å². The van der Waals surface area contributed by atoms with E-state index in [-0.39, 0.29) is 18.0 Å². The molecule has 22 heavy (non-hydrogen) atoms. The predicted molar refractivity (Wildman–Crippen MR) is 82.2 cm³/mol. The zero-order valence-electron chi connectivity index (χ0n) is 12.8. The summed E-state index contributed by atoms with van der Waals surface area (Å²) in [6.07, 6.45) is -0.122. The van der Waals surface area contributed by atoms with Crippen molar-refractivity contribution in [1.29, 1.82) is 0 Å². The van der Waals surface area contributed by atoms with Crippen molar-refractivity contribution in [3.05, 3.63) is 47.3 Å². The first-order valence-corrected chi connectivity index (χ1v) is 7.03. The highest BCUT2D eigenvalue weighted by atomic mass is 16.4. The maximum atomic E-state index is 12.1. The Kier molecular flexibility index (Phi) is 4.60. The Morgan fingerprint density at radius 1 is 1.27 bits per heavy atom. The molecule has 0 saturated heterocycles. The van der Waals surface area contributed by atoms with Crippen LogP contribution in [-0.4, -0.2) is 32.8 Å². The van der Waals surface area contributed by atoms with Gasteiger partial charge in [0.05, 0.1) is 12.1 Å². The van der Waals surface area contributed by atoms with Crippen LogP contribution in [0, 0.1) is 13.8 Å². The number of carbonyl (C=O) groups excluding carboxylic acids is 1. The van der Waals surface area contributed by atoms with Crippen LogP contribution in [0.4, 0.5) is 0 Å². The summed E-state index contributed by atoms with van der Waals surface area (Å²) in [5.74, 6) is -1.32. The van der Waals surface area contributed by atoms with Crippen LogP contribution in [0.1, 0.15) is 35.1 Å². The minimum Gasteiger partial charge on any atom is -0.481 e. The molecule has 0 bridgehead atoms. The number of hydrogen-bond acceptors (Lipinski definition) is 3. The van der Waals surface area contributed by atoms with E-state index >= 15 is 0 Å². The number of aryl methyl sites for hydroxylation is 2. The van der Waals surface area contributed by atoms with Gasteiger partial charge in [-0.2, -0.15) is 5.10 Å².